The Kier molecular flexibility index (Phi) is 2.79. The molecule has 1 fully saturated rings. The fraction of sp³-hybridized carbons (Fsp3) is 0.538. The second kappa shape index (κ2) is 3.74. The first-order valence-electron chi connectivity index (χ1n) is 5.54. The van der Waals surface area contributed by atoms with E-state index in [1.54, 1.807) is 7.11 Å². The van der Waals surface area contributed by atoms with Gasteiger partial charge in [-0.2, -0.15) is 0 Å². The Morgan fingerprint density at radius 1 is 1.38 bits per heavy atom. The summed E-state index contributed by atoms with van der Waals surface area (Å²) in [5.74, 6) is 0.885. The van der Waals surface area contributed by atoms with Crippen LogP contribution in [0.2, 0.25) is 0 Å². The summed E-state index contributed by atoms with van der Waals surface area (Å²) in [5, 5.41) is 0. The smallest absolute Gasteiger partial charge is 0.119 e. The Bertz CT molecular complexity index is 410. The van der Waals surface area contributed by atoms with Crippen molar-refractivity contribution in [1.82, 2.24) is 0 Å². The van der Waals surface area contributed by atoms with Gasteiger partial charge in [0.2, 0.25) is 0 Å². The number of hydrogen-bond acceptors (Lipinski definition) is 2. The molecule has 0 aromatic heterocycles. The Balaban J connectivity index is 2.46. The lowest BCUT2D eigenvalue weighted by molar-refractivity contribution is 0.381. The van der Waals surface area contributed by atoms with Crippen LogP contribution >= 0.6 is 15.9 Å². The third-order valence-electron chi connectivity index (χ3n) is 3.88. The molecule has 1 aromatic rings. The van der Waals surface area contributed by atoms with Gasteiger partial charge >= 0.3 is 0 Å². The molecule has 1 saturated carbocycles. The second-order valence-corrected chi connectivity index (χ2v) is 5.98. The zero-order chi connectivity index (χ0) is 12.0. The van der Waals surface area contributed by atoms with E-state index < -0.39 is 0 Å². The topological polar surface area (TPSA) is 35.2 Å². The molecule has 0 unspecified atom stereocenters. The first-order chi connectivity index (χ1) is 7.40. The van der Waals surface area contributed by atoms with Crippen molar-refractivity contribution in [2.24, 2.45) is 5.73 Å². The Hall–Kier alpha value is -0.540. The molecule has 0 amide bonds. The van der Waals surface area contributed by atoms with Crippen LogP contribution in [0, 0.1) is 0 Å². The van der Waals surface area contributed by atoms with Crippen LogP contribution in [-0.4, -0.2) is 12.6 Å². The molecule has 0 atom stereocenters. The van der Waals surface area contributed by atoms with E-state index in [9.17, 15) is 0 Å². The van der Waals surface area contributed by atoms with E-state index in [1.165, 1.54) is 5.56 Å². The van der Waals surface area contributed by atoms with Gasteiger partial charge in [0.15, 0.2) is 0 Å². The third-order valence-corrected chi connectivity index (χ3v) is 4.57. The van der Waals surface area contributed by atoms with Gasteiger partial charge in [-0.25, -0.2) is 0 Å². The van der Waals surface area contributed by atoms with E-state index in [1.807, 2.05) is 12.1 Å². The van der Waals surface area contributed by atoms with Crippen molar-refractivity contribution in [3.8, 4) is 5.75 Å². The number of benzene rings is 1. The Morgan fingerprint density at radius 2 is 2.00 bits per heavy atom. The predicted molar refractivity (Wildman–Crippen MR) is 69.9 cm³/mol. The van der Waals surface area contributed by atoms with E-state index in [0.717, 1.165) is 23.1 Å². The van der Waals surface area contributed by atoms with Gasteiger partial charge in [-0.05, 0) is 36.6 Å². The first-order valence-corrected chi connectivity index (χ1v) is 6.33. The fourth-order valence-electron chi connectivity index (χ4n) is 2.14. The average Bonchev–Trinajstić information content (AvgIpc) is 2.99. The van der Waals surface area contributed by atoms with Gasteiger partial charge in [0.25, 0.3) is 0 Å². The highest BCUT2D eigenvalue weighted by molar-refractivity contribution is 9.10. The maximum atomic E-state index is 6.36. The molecular weight excluding hydrogens is 266 g/mol. The molecule has 0 bridgehead atoms. The van der Waals surface area contributed by atoms with Crippen molar-refractivity contribution in [1.29, 1.82) is 0 Å². The molecule has 2 N–H and O–H groups in total. The van der Waals surface area contributed by atoms with Gasteiger partial charge in [0.1, 0.15) is 5.75 Å². The van der Waals surface area contributed by atoms with Crippen molar-refractivity contribution in [3.05, 3.63) is 28.2 Å². The second-order valence-electron chi connectivity index (χ2n) is 5.13. The first kappa shape index (κ1) is 11.9. The molecule has 16 heavy (non-hydrogen) atoms. The standard InChI is InChI=1S/C13H18BrNO/c1-12(2,13(15)6-7-13)10-8-9(16-3)4-5-11(10)14/h4-5,8H,6-7,15H2,1-3H3. The monoisotopic (exact) mass is 283 g/mol. The largest absolute Gasteiger partial charge is 0.497 e. The van der Waals surface area contributed by atoms with Crippen LogP contribution in [0.5, 0.6) is 5.75 Å². The summed E-state index contributed by atoms with van der Waals surface area (Å²) in [6, 6.07) is 6.07. The summed E-state index contributed by atoms with van der Waals surface area (Å²) in [7, 11) is 1.69. The maximum Gasteiger partial charge on any atom is 0.119 e. The molecule has 88 valence electrons. The zero-order valence-electron chi connectivity index (χ0n) is 10.0. The van der Waals surface area contributed by atoms with E-state index in [4.69, 9.17) is 10.5 Å². The predicted octanol–water partition coefficient (Wildman–Crippen LogP) is 3.23. The van der Waals surface area contributed by atoms with Gasteiger partial charge in [0, 0.05) is 15.4 Å². The minimum Gasteiger partial charge on any atom is -0.497 e. The number of rotatable bonds is 3. The van der Waals surface area contributed by atoms with Gasteiger partial charge < -0.3 is 10.5 Å². The van der Waals surface area contributed by atoms with Crippen LogP contribution in [0.15, 0.2) is 22.7 Å². The number of halogens is 1. The molecule has 0 radical (unpaired) electrons. The Labute approximate surface area is 105 Å². The normalized spacial score (nSPS) is 18.3. The van der Waals surface area contributed by atoms with Gasteiger partial charge in [-0.15, -0.1) is 0 Å². The summed E-state index contributed by atoms with van der Waals surface area (Å²) in [5.41, 5.74) is 7.50. The summed E-state index contributed by atoms with van der Waals surface area (Å²) in [4.78, 5) is 0. The van der Waals surface area contributed by atoms with E-state index in [0.29, 0.717) is 0 Å². The average molecular weight is 284 g/mol. The van der Waals surface area contributed by atoms with Crippen LogP contribution < -0.4 is 10.5 Å². The molecular formula is C13H18BrNO. The van der Waals surface area contributed by atoms with Gasteiger partial charge in [-0.3, -0.25) is 0 Å². The van der Waals surface area contributed by atoms with Crippen LogP contribution in [0.25, 0.3) is 0 Å². The minimum absolute atomic E-state index is 0.0274. The molecule has 1 aromatic carbocycles. The molecule has 3 heteroatoms. The lowest BCUT2D eigenvalue weighted by atomic mass is 9.76. The van der Waals surface area contributed by atoms with Crippen molar-refractivity contribution < 1.29 is 4.74 Å². The molecule has 1 aliphatic rings. The summed E-state index contributed by atoms with van der Waals surface area (Å²) >= 11 is 3.60. The van der Waals surface area contributed by atoms with E-state index in [2.05, 4.69) is 35.8 Å². The van der Waals surface area contributed by atoms with Crippen LogP contribution in [0.4, 0.5) is 0 Å². The van der Waals surface area contributed by atoms with Crippen LogP contribution in [-0.2, 0) is 5.41 Å². The molecule has 1 aliphatic carbocycles. The van der Waals surface area contributed by atoms with Gasteiger partial charge in [0.05, 0.1) is 7.11 Å². The van der Waals surface area contributed by atoms with Crippen molar-refractivity contribution >= 4 is 15.9 Å². The number of methoxy groups -OCH3 is 1. The quantitative estimate of drug-likeness (QED) is 0.925. The summed E-state index contributed by atoms with van der Waals surface area (Å²) in [6.45, 7) is 4.42. The molecule has 0 aliphatic heterocycles. The third kappa shape index (κ3) is 1.76. The summed E-state index contributed by atoms with van der Waals surface area (Å²) in [6.07, 6.45) is 2.20. The van der Waals surface area contributed by atoms with E-state index in [-0.39, 0.29) is 11.0 Å². The molecule has 0 spiro atoms. The number of hydrogen-bond donors (Lipinski definition) is 1. The molecule has 2 rings (SSSR count). The minimum atomic E-state index is -0.0537. The zero-order valence-corrected chi connectivity index (χ0v) is 11.6. The lowest BCUT2D eigenvalue weighted by Crippen LogP contribution is -2.43. The van der Waals surface area contributed by atoms with Crippen molar-refractivity contribution in [2.75, 3.05) is 7.11 Å². The SMILES string of the molecule is COc1ccc(Br)c(C(C)(C)C2(N)CC2)c1. The molecule has 0 heterocycles. The van der Waals surface area contributed by atoms with Crippen LogP contribution in [0.1, 0.15) is 32.3 Å². The lowest BCUT2D eigenvalue weighted by Gasteiger charge is -2.33. The highest BCUT2D eigenvalue weighted by atomic mass is 79.9. The highest BCUT2D eigenvalue weighted by Crippen LogP contribution is 2.51. The van der Waals surface area contributed by atoms with E-state index >= 15 is 0 Å². The van der Waals surface area contributed by atoms with Crippen molar-refractivity contribution in [3.63, 3.8) is 0 Å². The number of ether oxygens (including phenoxy) is 1. The summed E-state index contributed by atoms with van der Waals surface area (Å²) < 4.78 is 6.38. The Morgan fingerprint density at radius 3 is 2.50 bits per heavy atom. The highest BCUT2D eigenvalue weighted by Gasteiger charge is 2.52. The van der Waals surface area contributed by atoms with Gasteiger partial charge in [-0.1, -0.05) is 29.8 Å². The molecule has 0 saturated heterocycles. The van der Waals surface area contributed by atoms with Crippen molar-refractivity contribution in [2.45, 2.75) is 37.6 Å². The fourth-order valence-corrected chi connectivity index (χ4v) is 2.88. The molecule has 2 nitrogen and oxygen atoms in total. The maximum absolute atomic E-state index is 6.36. The number of nitrogens with two attached hydrogens (primary N) is 1. The van der Waals surface area contributed by atoms with Crippen LogP contribution in [0.3, 0.4) is 0 Å².